The summed E-state index contributed by atoms with van der Waals surface area (Å²) in [5.41, 5.74) is 10.8. The molecule has 186 valence electrons. The third-order valence-electron chi connectivity index (χ3n) is 5.83. The van der Waals surface area contributed by atoms with E-state index in [4.69, 9.17) is 27.2 Å². The van der Waals surface area contributed by atoms with E-state index >= 15 is 0 Å². The molecular formula is C30H30ClNO4. The lowest BCUT2D eigenvalue weighted by Crippen LogP contribution is -2.38. The average molecular weight is 504 g/mol. The van der Waals surface area contributed by atoms with Crippen molar-refractivity contribution in [1.29, 1.82) is 0 Å². The molecule has 6 heteroatoms. The molecule has 0 spiro atoms. The van der Waals surface area contributed by atoms with Gasteiger partial charge in [0, 0.05) is 17.9 Å². The Labute approximate surface area is 216 Å². The number of allylic oxidation sites excluding steroid dienone is 2. The molecule has 2 unspecified atom stereocenters. The molecular weight excluding hydrogens is 474 g/mol. The summed E-state index contributed by atoms with van der Waals surface area (Å²) in [7, 11) is 0. The molecule has 0 aliphatic rings. The number of alkyl halides is 1. The van der Waals surface area contributed by atoms with E-state index in [-0.39, 0.29) is 11.8 Å². The highest BCUT2D eigenvalue weighted by atomic mass is 35.5. The zero-order valence-corrected chi connectivity index (χ0v) is 21.1. The maximum atomic E-state index is 12.3. The molecule has 0 aliphatic carbocycles. The first kappa shape index (κ1) is 26.9. The Morgan fingerprint density at radius 2 is 1.53 bits per heavy atom. The van der Waals surface area contributed by atoms with Crippen LogP contribution in [0.5, 0.6) is 5.75 Å². The first-order chi connectivity index (χ1) is 17.3. The summed E-state index contributed by atoms with van der Waals surface area (Å²) in [4.78, 5) is 23.2. The van der Waals surface area contributed by atoms with Gasteiger partial charge in [-0.1, -0.05) is 86.7 Å². The molecule has 2 atom stereocenters. The Bertz CT molecular complexity index is 1220. The number of carboxylic acid groups (broad SMARTS) is 1. The topological polar surface area (TPSA) is 89.6 Å². The van der Waals surface area contributed by atoms with E-state index in [0.717, 1.165) is 33.9 Å². The lowest BCUT2D eigenvalue weighted by Gasteiger charge is -2.23. The smallest absolute Gasteiger partial charge is 0.328 e. The highest BCUT2D eigenvalue weighted by Crippen LogP contribution is 2.38. The van der Waals surface area contributed by atoms with Crippen molar-refractivity contribution in [3.63, 3.8) is 0 Å². The van der Waals surface area contributed by atoms with Gasteiger partial charge in [-0.3, -0.25) is 0 Å². The SMILES string of the molecule is CC(C)C(N)C(=O)Oc1ccc(C(C(=CCCl)c2ccccc2)c2ccc(C=CC(=O)O)cc2)cc1. The molecule has 3 rings (SSSR count). The van der Waals surface area contributed by atoms with Gasteiger partial charge in [-0.2, -0.15) is 0 Å². The number of esters is 1. The van der Waals surface area contributed by atoms with Gasteiger partial charge >= 0.3 is 11.9 Å². The number of hydrogen-bond donors (Lipinski definition) is 2. The van der Waals surface area contributed by atoms with Crippen LogP contribution in [0.15, 0.2) is 91.0 Å². The van der Waals surface area contributed by atoms with Crippen molar-refractivity contribution >= 4 is 35.2 Å². The molecule has 0 fully saturated rings. The molecule has 0 heterocycles. The van der Waals surface area contributed by atoms with Gasteiger partial charge in [-0.25, -0.2) is 9.59 Å². The molecule has 3 aromatic carbocycles. The maximum Gasteiger partial charge on any atom is 0.328 e. The van der Waals surface area contributed by atoms with Crippen molar-refractivity contribution in [3.8, 4) is 5.75 Å². The van der Waals surface area contributed by atoms with Crippen molar-refractivity contribution in [2.45, 2.75) is 25.8 Å². The van der Waals surface area contributed by atoms with Crippen LogP contribution in [0, 0.1) is 5.92 Å². The van der Waals surface area contributed by atoms with Gasteiger partial charge in [-0.15, -0.1) is 11.6 Å². The van der Waals surface area contributed by atoms with Crippen LogP contribution < -0.4 is 10.5 Å². The molecule has 0 bridgehead atoms. The normalized spacial score (nSPS) is 13.5. The van der Waals surface area contributed by atoms with Gasteiger partial charge in [0.1, 0.15) is 11.8 Å². The Kier molecular flexibility index (Phi) is 9.62. The second-order valence-corrected chi connectivity index (χ2v) is 9.02. The first-order valence-corrected chi connectivity index (χ1v) is 12.2. The summed E-state index contributed by atoms with van der Waals surface area (Å²) in [6, 6.07) is 24.4. The quantitative estimate of drug-likeness (QED) is 0.150. The second kappa shape index (κ2) is 12.9. The molecule has 0 radical (unpaired) electrons. The van der Waals surface area contributed by atoms with Crippen LogP contribution in [0.25, 0.3) is 11.6 Å². The molecule has 0 aromatic heterocycles. The number of nitrogens with two attached hydrogens (primary N) is 1. The zero-order chi connectivity index (χ0) is 26.1. The van der Waals surface area contributed by atoms with Crippen molar-refractivity contribution in [1.82, 2.24) is 0 Å². The minimum Gasteiger partial charge on any atom is -0.478 e. The van der Waals surface area contributed by atoms with Crippen LogP contribution in [-0.4, -0.2) is 29.0 Å². The number of aliphatic carboxylic acids is 1. The third kappa shape index (κ3) is 7.17. The zero-order valence-electron chi connectivity index (χ0n) is 20.3. The maximum absolute atomic E-state index is 12.3. The Hall–Kier alpha value is -3.67. The van der Waals surface area contributed by atoms with Crippen molar-refractivity contribution in [2.24, 2.45) is 11.7 Å². The summed E-state index contributed by atoms with van der Waals surface area (Å²) in [6.45, 7) is 3.74. The monoisotopic (exact) mass is 503 g/mol. The molecule has 0 saturated heterocycles. The lowest BCUT2D eigenvalue weighted by atomic mass is 9.81. The molecule has 5 nitrogen and oxygen atoms in total. The van der Waals surface area contributed by atoms with Gasteiger partial charge in [0.25, 0.3) is 0 Å². The van der Waals surface area contributed by atoms with Crippen LogP contribution in [-0.2, 0) is 9.59 Å². The van der Waals surface area contributed by atoms with E-state index in [1.165, 1.54) is 0 Å². The largest absolute Gasteiger partial charge is 0.478 e. The predicted octanol–water partition coefficient (Wildman–Crippen LogP) is 6.13. The standard InChI is InChI=1S/C30H30ClNO4/c1-20(2)29(32)30(35)36-25-15-13-24(14-16-25)28(26(18-19-31)22-6-4-3-5-7-22)23-11-8-21(9-12-23)10-17-27(33)34/h3-18,20,28-29H,19,32H2,1-2H3,(H,33,34). The van der Waals surface area contributed by atoms with E-state index < -0.39 is 18.0 Å². The van der Waals surface area contributed by atoms with Crippen molar-refractivity contribution in [3.05, 3.63) is 113 Å². The number of benzene rings is 3. The van der Waals surface area contributed by atoms with Crippen molar-refractivity contribution < 1.29 is 19.4 Å². The summed E-state index contributed by atoms with van der Waals surface area (Å²) in [6.07, 6.45) is 4.66. The second-order valence-electron chi connectivity index (χ2n) is 8.71. The van der Waals surface area contributed by atoms with Gasteiger partial charge in [0.2, 0.25) is 0 Å². The summed E-state index contributed by atoms with van der Waals surface area (Å²) < 4.78 is 5.48. The molecule has 36 heavy (non-hydrogen) atoms. The van der Waals surface area contributed by atoms with Crippen LogP contribution in [0.2, 0.25) is 0 Å². The molecule has 0 saturated carbocycles. The lowest BCUT2D eigenvalue weighted by molar-refractivity contribution is -0.137. The van der Waals surface area contributed by atoms with E-state index in [1.807, 2.05) is 86.7 Å². The Morgan fingerprint density at radius 1 is 0.944 bits per heavy atom. The van der Waals surface area contributed by atoms with E-state index in [2.05, 4.69) is 0 Å². The minimum absolute atomic E-state index is 0.0245. The number of ether oxygens (including phenoxy) is 1. The Morgan fingerprint density at radius 3 is 2.06 bits per heavy atom. The van der Waals surface area contributed by atoms with E-state index in [0.29, 0.717) is 11.6 Å². The van der Waals surface area contributed by atoms with Gasteiger partial charge in [0.15, 0.2) is 0 Å². The molecule has 3 N–H and O–H groups in total. The predicted molar refractivity (Wildman–Crippen MR) is 145 cm³/mol. The van der Waals surface area contributed by atoms with Crippen molar-refractivity contribution in [2.75, 3.05) is 5.88 Å². The number of carboxylic acids is 1. The van der Waals surface area contributed by atoms with E-state index in [9.17, 15) is 9.59 Å². The number of halogens is 1. The fourth-order valence-corrected chi connectivity index (χ4v) is 3.99. The highest BCUT2D eigenvalue weighted by Gasteiger charge is 2.22. The number of carbonyl (C=O) groups excluding carboxylic acids is 1. The fraction of sp³-hybridized carbons (Fsp3) is 0.200. The summed E-state index contributed by atoms with van der Waals surface area (Å²) in [5.74, 6) is -0.886. The molecule has 0 aliphatic heterocycles. The molecule has 3 aromatic rings. The Balaban J connectivity index is 2.01. The van der Waals surface area contributed by atoms with E-state index in [1.54, 1.807) is 18.2 Å². The van der Waals surface area contributed by atoms with Crippen LogP contribution >= 0.6 is 11.6 Å². The highest BCUT2D eigenvalue weighted by molar-refractivity contribution is 6.19. The number of hydrogen-bond acceptors (Lipinski definition) is 4. The van der Waals surface area contributed by atoms with Crippen LogP contribution in [0.3, 0.4) is 0 Å². The number of rotatable bonds is 10. The van der Waals surface area contributed by atoms with Crippen LogP contribution in [0.1, 0.15) is 42.0 Å². The average Bonchev–Trinajstić information content (AvgIpc) is 2.88. The summed E-state index contributed by atoms with van der Waals surface area (Å²) in [5, 5.41) is 8.91. The third-order valence-corrected chi connectivity index (χ3v) is 5.98. The first-order valence-electron chi connectivity index (χ1n) is 11.7. The fourth-order valence-electron chi connectivity index (χ4n) is 3.82. The molecule has 0 amide bonds. The van der Waals surface area contributed by atoms with Gasteiger partial charge in [-0.05, 0) is 52.0 Å². The minimum atomic E-state index is -0.997. The van der Waals surface area contributed by atoms with Gasteiger partial charge < -0.3 is 15.6 Å². The summed E-state index contributed by atoms with van der Waals surface area (Å²) >= 11 is 6.19. The van der Waals surface area contributed by atoms with Crippen LogP contribution in [0.4, 0.5) is 0 Å². The van der Waals surface area contributed by atoms with Gasteiger partial charge in [0.05, 0.1) is 0 Å². The number of carbonyl (C=O) groups is 2.